The van der Waals surface area contributed by atoms with Crippen LogP contribution in [0.5, 0.6) is 0 Å². The molecular weight excluding hydrogens is 426 g/mol. The highest BCUT2D eigenvalue weighted by Gasteiger charge is 2.53. The first kappa shape index (κ1) is 17.3. The van der Waals surface area contributed by atoms with Gasteiger partial charge in [0.1, 0.15) is 23.2 Å². The molecule has 1 unspecified atom stereocenters. The minimum atomic E-state index is -2.06. The maximum Gasteiger partial charge on any atom is 0.190 e. The van der Waals surface area contributed by atoms with E-state index in [2.05, 4.69) is 95.4 Å². The molecule has 1 nitrogen and oxygen atoms in total. The predicted molar refractivity (Wildman–Crippen MR) is 114 cm³/mol. The molecule has 0 aliphatic rings. The molecule has 0 spiro atoms. The zero-order valence-electron chi connectivity index (χ0n) is 13.5. The molecule has 24 heavy (non-hydrogen) atoms. The number of alkyl halides is 1. The van der Waals surface area contributed by atoms with Crippen molar-refractivity contribution in [3.05, 3.63) is 91.0 Å². The molecule has 3 aromatic rings. The fourth-order valence-electron chi connectivity index (χ4n) is 3.10. The zero-order valence-corrected chi connectivity index (χ0v) is 16.5. The number of Topliss-reactive ketones (excluding diaryl/α,β-unsaturated/α-hetero) is 1. The van der Waals surface area contributed by atoms with Gasteiger partial charge in [-0.1, -0.05) is 54.6 Å². The van der Waals surface area contributed by atoms with Gasteiger partial charge in [-0.2, -0.15) is 0 Å². The second-order valence-corrected chi connectivity index (χ2v) is 11.4. The lowest BCUT2D eigenvalue weighted by Crippen LogP contribution is -2.39. The van der Waals surface area contributed by atoms with Gasteiger partial charge in [-0.15, -0.1) is 0 Å². The Kier molecular flexibility index (Phi) is 5.47. The van der Waals surface area contributed by atoms with Crippen LogP contribution in [0.2, 0.25) is 0 Å². The Hall–Kier alpha value is -1.51. The molecule has 0 radical (unpaired) electrons. The number of carbonyl (C=O) groups is 1. The number of carbonyl (C=O) groups excluding carboxylic acids is 1. The van der Waals surface area contributed by atoms with Crippen LogP contribution >= 0.6 is 29.9 Å². The number of hydrogen-bond donors (Lipinski definition) is 0. The molecule has 0 heterocycles. The quantitative estimate of drug-likeness (QED) is 0.325. The normalized spacial score (nSPS) is 12.6. The van der Waals surface area contributed by atoms with Crippen LogP contribution in [-0.4, -0.2) is 9.45 Å². The number of benzene rings is 3. The van der Waals surface area contributed by atoms with Crippen LogP contribution in [0.1, 0.15) is 6.92 Å². The van der Waals surface area contributed by atoms with Crippen LogP contribution < -0.4 is 15.9 Å². The van der Waals surface area contributed by atoms with Crippen molar-refractivity contribution in [2.45, 2.75) is 10.6 Å². The molecule has 120 valence electrons. The molecule has 0 fully saturated rings. The van der Waals surface area contributed by atoms with Gasteiger partial charge in [0.05, 0.1) is 0 Å². The van der Waals surface area contributed by atoms with Gasteiger partial charge in [-0.25, -0.2) is 0 Å². The Morgan fingerprint density at radius 3 is 1.25 bits per heavy atom. The average molecular weight is 445 g/mol. The molecule has 0 aliphatic heterocycles. The first-order valence-electron chi connectivity index (χ1n) is 7.87. The highest BCUT2D eigenvalue weighted by Crippen LogP contribution is 2.62. The third-order valence-electron chi connectivity index (χ3n) is 4.17. The van der Waals surface area contributed by atoms with Gasteiger partial charge < -0.3 is 0 Å². The second kappa shape index (κ2) is 7.58. The predicted octanol–water partition coefficient (Wildman–Crippen LogP) is 4.33. The first-order valence-corrected chi connectivity index (χ1v) is 11.0. The van der Waals surface area contributed by atoms with E-state index in [0.717, 1.165) is 0 Å². The van der Waals surface area contributed by atoms with Gasteiger partial charge in [0.25, 0.3) is 0 Å². The van der Waals surface area contributed by atoms with Crippen LogP contribution in [0.25, 0.3) is 0 Å². The van der Waals surface area contributed by atoms with Crippen LogP contribution in [0.4, 0.5) is 0 Å². The molecule has 0 bridgehead atoms. The Morgan fingerprint density at radius 1 is 0.708 bits per heavy atom. The maximum atomic E-state index is 12.5. The summed E-state index contributed by atoms with van der Waals surface area (Å²) in [6, 6.07) is 31.5. The molecule has 0 aliphatic carbocycles. The van der Waals surface area contributed by atoms with E-state index in [1.54, 1.807) is 6.92 Å². The molecule has 0 aromatic heterocycles. The third kappa shape index (κ3) is 3.05. The van der Waals surface area contributed by atoms with Gasteiger partial charge in [-0.05, 0) is 65.9 Å². The monoisotopic (exact) mass is 445 g/mol. The first-order chi connectivity index (χ1) is 11.7. The highest BCUT2D eigenvalue weighted by atomic mass is 127. The van der Waals surface area contributed by atoms with Crippen molar-refractivity contribution < 1.29 is 4.79 Å². The molecule has 3 heteroatoms. The number of rotatable bonds is 5. The standard InChI is InChI=1S/C21H19IOP/c1-17(23)21(22)24(18-11-5-2-6-12-18,19-13-7-3-8-14-19)20-15-9-4-10-16-20/h2-16,21H,1H3/q+1. The summed E-state index contributed by atoms with van der Waals surface area (Å²) in [5, 5.41) is 3.74. The van der Waals surface area contributed by atoms with E-state index in [1.165, 1.54) is 15.9 Å². The summed E-state index contributed by atoms with van der Waals surface area (Å²) >= 11 is 2.36. The smallest absolute Gasteiger partial charge is 0.190 e. The molecule has 3 rings (SSSR count). The van der Waals surface area contributed by atoms with Gasteiger partial charge >= 0.3 is 0 Å². The van der Waals surface area contributed by atoms with E-state index in [1.807, 2.05) is 18.2 Å². The number of hydrogen-bond acceptors (Lipinski definition) is 1. The van der Waals surface area contributed by atoms with Crippen molar-refractivity contribution in [1.82, 2.24) is 0 Å². The lowest BCUT2D eigenvalue weighted by atomic mass is 10.4. The fraction of sp³-hybridized carbons (Fsp3) is 0.0952. The van der Waals surface area contributed by atoms with Crippen molar-refractivity contribution in [2.75, 3.05) is 0 Å². The SMILES string of the molecule is CC(=O)C(I)[P+](c1ccccc1)(c1ccccc1)c1ccccc1. The Morgan fingerprint density at radius 2 is 1.00 bits per heavy atom. The topological polar surface area (TPSA) is 17.1 Å². The van der Waals surface area contributed by atoms with E-state index >= 15 is 0 Å². The van der Waals surface area contributed by atoms with Gasteiger partial charge in [0.2, 0.25) is 0 Å². The van der Waals surface area contributed by atoms with E-state index in [9.17, 15) is 4.79 Å². The molecule has 0 N–H and O–H groups in total. The number of halogens is 1. The Balaban J connectivity index is 2.39. The van der Waals surface area contributed by atoms with E-state index in [-0.39, 0.29) is 9.45 Å². The van der Waals surface area contributed by atoms with Gasteiger partial charge in [-0.3, -0.25) is 4.79 Å². The van der Waals surface area contributed by atoms with Crippen molar-refractivity contribution in [3.8, 4) is 0 Å². The molecule has 0 saturated carbocycles. The summed E-state index contributed by atoms with van der Waals surface area (Å²) in [4.78, 5) is 12.5. The van der Waals surface area contributed by atoms with E-state index in [0.29, 0.717) is 0 Å². The molecule has 0 saturated heterocycles. The summed E-state index contributed by atoms with van der Waals surface area (Å²) in [6.07, 6.45) is 0. The lowest BCUT2D eigenvalue weighted by molar-refractivity contribution is -0.115. The lowest BCUT2D eigenvalue weighted by Gasteiger charge is -2.30. The van der Waals surface area contributed by atoms with Crippen molar-refractivity contribution in [2.24, 2.45) is 0 Å². The largest absolute Gasteiger partial charge is 0.295 e. The van der Waals surface area contributed by atoms with Crippen LogP contribution in [0.3, 0.4) is 0 Å². The minimum absolute atomic E-state index is 0.0951. The Labute approximate surface area is 157 Å². The summed E-state index contributed by atoms with van der Waals surface area (Å²) in [5.74, 6) is 0.223. The summed E-state index contributed by atoms with van der Waals surface area (Å²) < 4.78 is -0.0951. The number of ketones is 1. The zero-order chi connectivity index (χ0) is 17.0. The van der Waals surface area contributed by atoms with Crippen molar-refractivity contribution in [3.63, 3.8) is 0 Å². The summed E-state index contributed by atoms with van der Waals surface area (Å²) in [7, 11) is -2.06. The molecular formula is C21H19IOP+. The molecule has 3 aromatic carbocycles. The van der Waals surface area contributed by atoms with Crippen molar-refractivity contribution in [1.29, 1.82) is 0 Å². The van der Waals surface area contributed by atoms with Crippen LogP contribution in [0.15, 0.2) is 91.0 Å². The van der Waals surface area contributed by atoms with Crippen LogP contribution in [-0.2, 0) is 4.79 Å². The van der Waals surface area contributed by atoms with E-state index in [4.69, 9.17) is 0 Å². The third-order valence-corrected chi connectivity index (χ3v) is 11.9. The molecule has 1 atom stereocenters. The summed E-state index contributed by atoms with van der Waals surface area (Å²) in [6.45, 7) is 1.71. The van der Waals surface area contributed by atoms with E-state index < -0.39 is 7.26 Å². The average Bonchev–Trinajstić information content (AvgIpc) is 2.65. The highest BCUT2D eigenvalue weighted by molar-refractivity contribution is 14.1. The molecule has 0 amide bonds. The maximum absolute atomic E-state index is 12.5. The van der Waals surface area contributed by atoms with Gasteiger partial charge in [0, 0.05) is 0 Å². The van der Waals surface area contributed by atoms with Crippen molar-refractivity contribution >= 4 is 51.6 Å². The fourth-order valence-corrected chi connectivity index (χ4v) is 10.1. The minimum Gasteiger partial charge on any atom is -0.295 e. The van der Waals surface area contributed by atoms with Gasteiger partial charge in [0.15, 0.2) is 9.45 Å². The second-order valence-electron chi connectivity index (χ2n) is 5.68. The summed E-state index contributed by atoms with van der Waals surface area (Å²) in [5.41, 5.74) is 0. The Bertz CT molecular complexity index is 706. The van der Waals surface area contributed by atoms with Crippen LogP contribution in [0, 0.1) is 0 Å².